The number of hydrogen-bond acceptors (Lipinski definition) is 3. The minimum atomic E-state index is -0.877. The zero-order valence-corrected chi connectivity index (χ0v) is 34.4. The molecule has 12 aromatic rings. The molecule has 306 valence electrons. The van der Waals surface area contributed by atoms with Crippen LogP contribution in [0.15, 0.2) is 164 Å². The normalized spacial score (nSPS) is 11.6. The van der Waals surface area contributed by atoms with Crippen molar-refractivity contribution in [3.05, 3.63) is 180 Å². The molecule has 0 unspecified atom stereocenters. The van der Waals surface area contributed by atoms with Crippen molar-refractivity contribution in [1.82, 2.24) is 0 Å². The van der Waals surface area contributed by atoms with Gasteiger partial charge in [0.15, 0.2) is 0 Å². The van der Waals surface area contributed by atoms with Gasteiger partial charge in [0.2, 0.25) is 0 Å². The molecular formula is C57H42O6. The van der Waals surface area contributed by atoms with Crippen LogP contribution in [0.3, 0.4) is 0 Å². The fourth-order valence-corrected chi connectivity index (χ4v) is 9.81. The quantitative estimate of drug-likeness (QED) is 0.125. The van der Waals surface area contributed by atoms with Gasteiger partial charge in [-0.2, -0.15) is 0 Å². The predicted molar refractivity (Wildman–Crippen MR) is 259 cm³/mol. The molecule has 0 saturated heterocycles. The van der Waals surface area contributed by atoms with E-state index in [0.29, 0.717) is 18.4 Å². The van der Waals surface area contributed by atoms with E-state index in [4.69, 9.17) is 10.2 Å². The van der Waals surface area contributed by atoms with E-state index in [-0.39, 0.29) is 12.8 Å². The molecule has 6 heteroatoms. The third-order valence-electron chi connectivity index (χ3n) is 12.7. The Morgan fingerprint density at radius 3 is 0.952 bits per heavy atom. The van der Waals surface area contributed by atoms with Crippen molar-refractivity contribution in [3.63, 3.8) is 0 Å². The fourth-order valence-electron chi connectivity index (χ4n) is 9.81. The zero-order chi connectivity index (χ0) is 43.2. The monoisotopic (exact) mass is 822 g/mol. The van der Waals surface area contributed by atoms with Crippen LogP contribution in [-0.2, 0) is 22.4 Å². The van der Waals surface area contributed by atoms with Gasteiger partial charge in [-0.3, -0.25) is 9.59 Å². The Kier molecular flexibility index (Phi) is 10.1. The van der Waals surface area contributed by atoms with Crippen molar-refractivity contribution in [1.29, 1.82) is 0 Å². The molecule has 0 bridgehead atoms. The molecule has 0 aliphatic rings. The Bertz CT molecular complexity index is 3470. The van der Waals surface area contributed by atoms with Crippen molar-refractivity contribution in [2.45, 2.75) is 38.5 Å². The summed E-state index contributed by atoms with van der Waals surface area (Å²) in [4.78, 5) is 32.8. The molecule has 0 radical (unpaired) electrons. The van der Waals surface area contributed by atoms with Crippen molar-refractivity contribution in [3.8, 4) is 0 Å². The van der Waals surface area contributed by atoms with Crippen molar-refractivity contribution >= 4 is 115 Å². The maximum absolute atomic E-state index is 11.3. The Hall–Kier alpha value is -7.83. The average Bonchev–Trinajstić information content (AvgIpc) is 3.30. The molecule has 0 heterocycles. The highest BCUT2D eigenvalue weighted by Crippen LogP contribution is 2.39. The second-order valence-electron chi connectivity index (χ2n) is 16.4. The van der Waals surface area contributed by atoms with Gasteiger partial charge in [0, 0.05) is 12.8 Å². The smallest absolute Gasteiger partial charge is 0.336 e. The third kappa shape index (κ3) is 7.19. The molecule has 0 fully saturated rings. The number of aromatic carboxylic acids is 1. The molecule has 0 amide bonds. The molecule has 3 N–H and O–H groups in total. The number of carbonyl (C=O) groups is 3. The van der Waals surface area contributed by atoms with Crippen LogP contribution >= 0.6 is 0 Å². The van der Waals surface area contributed by atoms with E-state index in [1.807, 2.05) is 24.3 Å². The van der Waals surface area contributed by atoms with Gasteiger partial charge in [-0.1, -0.05) is 158 Å². The molecule has 12 rings (SSSR count). The van der Waals surface area contributed by atoms with Crippen LogP contribution < -0.4 is 0 Å². The molecule has 0 aliphatic heterocycles. The summed E-state index contributed by atoms with van der Waals surface area (Å²) in [7, 11) is 0. The largest absolute Gasteiger partial charge is 0.481 e. The summed E-state index contributed by atoms with van der Waals surface area (Å²) in [5.74, 6) is -2.33. The second-order valence-corrected chi connectivity index (χ2v) is 16.4. The summed E-state index contributed by atoms with van der Waals surface area (Å²) in [6.07, 6.45) is 3.42. The zero-order valence-electron chi connectivity index (χ0n) is 34.4. The average molecular weight is 823 g/mol. The van der Waals surface area contributed by atoms with Crippen LogP contribution in [0.25, 0.3) is 97.0 Å². The van der Waals surface area contributed by atoms with Gasteiger partial charge < -0.3 is 15.3 Å². The Morgan fingerprint density at radius 1 is 0.317 bits per heavy atom. The van der Waals surface area contributed by atoms with E-state index in [1.165, 1.54) is 75.8 Å². The van der Waals surface area contributed by atoms with E-state index in [2.05, 4.69) is 133 Å². The van der Waals surface area contributed by atoms with Crippen LogP contribution in [0.2, 0.25) is 0 Å². The number of carboxylic acid groups (broad SMARTS) is 3. The highest BCUT2D eigenvalue weighted by atomic mass is 16.4. The van der Waals surface area contributed by atoms with Gasteiger partial charge in [0.1, 0.15) is 0 Å². The van der Waals surface area contributed by atoms with Gasteiger partial charge in [0.05, 0.1) is 5.56 Å². The molecule has 0 aliphatic carbocycles. The predicted octanol–water partition coefficient (Wildman–Crippen LogP) is 14.3. The van der Waals surface area contributed by atoms with Crippen LogP contribution in [-0.4, -0.2) is 33.2 Å². The summed E-state index contributed by atoms with van der Waals surface area (Å²) < 4.78 is 0. The summed E-state index contributed by atoms with van der Waals surface area (Å²) in [5, 5.41) is 48.7. The van der Waals surface area contributed by atoms with Gasteiger partial charge in [-0.15, -0.1) is 0 Å². The summed E-state index contributed by atoms with van der Waals surface area (Å²) >= 11 is 0. The molecule has 63 heavy (non-hydrogen) atoms. The van der Waals surface area contributed by atoms with E-state index in [1.54, 1.807) is 6.07 Å². The van der Waals surface area contributed by atoms with Gasteiger partial charge >= 0.3 is 17.9 Å². The molecule has 0 aromatic heterocycles. The van der Waals surface area contributed by atoms with Crippen LogP contribution in [0.5, 0.6) is 0 Å². The highest BCUT2D eigenvalue weighted by molar-refractivity contribution is 6.27. The van der Waals surface area contributed by atoms with Crippen LogP contribution in [0.1, 0.15) is 47.2 Å². The third-order valence-corrected chi connectivity index (χ3v) is 12.7. The van der Waals surface area contributed by atoms with Crippen LogP contribution in [0, 0.1) is 0 Å². The topological polar surface area (TPSA) is 112 Å². The highest BCUT2D eigenvalue weighted by Gasteiger charge is 2.15. The van der Waals surface area contributed by atoms with Crippen molar-refractivity contribution in [2.75, 3.05) is 0 Å². The number of benzene rings is 12. The lowest BCUT2D eigenvalue weighted by Gasteiger charge is -2.13. The lowest BCUT2D eigenvalue weighted by molar-refractivity contribution is -0.138. The van der Waals surface area contributed by atoms with Crippen LogP contribution in [0.4, 0.5) is 0 Å². The first-order chi connectivity index (χ1) is 30.7. The summed E-state index contributed by atoms with van der Waals surface area (Å²) in [5.41, 5.74) is 2.85. The molecule has 0 atom stereocenters. The van der Waals surface area contributed by atoms with E-state index < -0.39 is 17.9 Å². The first kappa shape index (κ1) is 39.3. The SMILES string of the molecule is O=C(O)CCCc1ccc2ccc3cccc4ccc1c2c34.O=C(O)CCCc1ccc2ccc3cccc4ccc1c2c34.O=C(O)c1ccc2ccc3cccc4ccc1c2c34. The van der Waals surface area contributed by atoms with E-state index in [9.17, 15) is 19.5 Å². The Morgan fingerprint density at radius 2 is 0.603 bits per heavy atom. The summed E-state index contributed by atoms with van der Waals surface area (Å²) in [6.45, 7) is 0. The van der Waals surface area contributed by atoms with Gasteiger partial charge in [0.25, 0.3) is 0 Å². The number of aliphatic carboxylic acids is 2. The molecule has 0 saturated carbocycles. The summed E-state index contributed by atoms with van der Waals surface area (Å²) in [6, 6.07) is 56.6. The fraction of sp³-hybridized carbons (Fsp3) is 0.105. The van der Waals surface area contributed by atoms with Gasteiger partial charge in [-0.05, 0) is 140 Å². The first-order valence-electron chi connectivity index (χ1n) is 21.4. The lowest BCUT2D eigenvalue weighted by Crippen LogP contribution is -1.98. The first-order valence-corrected chi connectivity index (χ1v) is 21.4. The Balaban J connectivity index is 0.000000113. The Labute approximate surface area is 362 Å². The second kappa shape index (κ2) is 16.2. The van der Waals surface area contributed by atoms with Gasteiger partial charge in [-0.25, -0.2) is 4.79 Å². The lowest BCUT2D eigenvalue weighted by atomic mass is 9.90. The van der Waals surface area contributed by atoms with E-state index >= 15 is 0 Å². The standard InChI is InChI=1S/2C20H16O2.C17H10O2/c2*21-18(22)6-2-3-13-7-8-16-10-9-14-4-1-5-15-11-12-17(13)20(16)19(14)15;18-17(19)14-9-7-12-5-4-10-2-1-3-11-6-8-13(14)16(12)15(10)11/h2*1,4-5,7-12H,2-3,6H2,(H,21,22);1-9H,(H,18,19). The number of aryl methyl sites for hydroxylation is 2. The maximum Gasteiger partial charge on any atom is 0.336 e. The molecule has 6 nitrogen and oxygen atoms in total. The number of rotatable bonds is 9. The number of hydrogen-bond donors (Lipinski definition) is 3. The number of carboxylic acids is 3. The molecular weight excluding hydrogens is 781 g/mol. The molecule has 0 spiro atoms. The molecule has 12 aromatic carbocycles. The minimum Gasteiger partial charge on any atom is -0.481 e. The minimum absolute atomic E-state index is 0.224. The van der Waals surface area contributed by atoms with E-state index in [0.717, 1.165) is 45.2 Å². The van der Waals surface area contributed by atoms with Crippen molar-refractivity contribution in [2.24, 2.45) is 0 Å². The maximum atomic E-state index is 11.3. The van der Waals surface area contributed by atoms with Crippen molar-refractivity contribution < 1.29 is 29.7 Å².